The number of nitrogens with zero attached hydrogens (tertiary/aromatic N) is 2. The van der Waals surface area contributed by atoms with Crippen molar-refractivity contribution in [2.45, 2.75) is 0 Å². The maximum absolute atomic E-state index is 5.54. The maximum atomic E-state index is 5.54. The molecule has 0 aromatic carbocycles. The lowest BCUT2D eigenvalue weighted by Crippen LogP contribution is -1.94. The summed E-state index contributed by atoms with van der Waals surface area (Å²) in [6.07, 6.45) is 1.53. The summed E-state index contributed by atoms with van der Waals surface area (Å²) < 4.78 is 0.726. The number of nitrogen functional groups attached to an aromatic ring is 1. The molecule has 0 aliphatic rings. The van der Waals surface area contributed by atoms with Crippen molar-refractivity contribution in [1.82, 2.24) is 9.97 Å². The molecule has 5 heteroatoms. The average molecular weight is 256 g/mol. The van der Waals surface area contributed by atoms with Gasteiger partial charge in [0.25, 0.3) is 0 Å². The minimum Gasteiger partial charge on any atom is -0.382 e. The first-order valence-corrected chi connectivity index (χ1v) is 5.26. The zero-order valence-electron chi connectivity index (χ0n) is 6.57. The number of halogens is 1. The largest absolute Gasteiger partial charge is 0.382 e. The van der Waals surface area contributed by atoms with E-state index in [9.17, 15) is 0 Å². The van der Waals surface area contributed by atoms with E-state index in [1.807, 2.05) is 17.5 Å². The molecule has 0 aliphatic carbocycles. The van der Waals surface area contributed by atoms with Gasteiger partial charge in [-0.05, 0) is 27.4 Å². The second-order valence-electron chi connectivity index (χ2n) is 2.41. The molecule has 0 bridgehead atoms. The zero-order chi connectivity index (χ0) is 9.26. The molecule has 0 radical (unpaired) electrons. The molecule has 2 aromatic heterocycles. The van der Waals surface area contributed by atoms with Crippen molar-refractivity contribution < 1.29 is 0 Å². The minimum atomic E-state index is 0.437. The number of nitrogens with two attached hydrogens (primary N) is 1. The molecule has 0 aliphatic heterocycles. The summed E-state index contributed by atoms with van der Waals surface area (Å²) in [4.78, 5) is 9.33. The lowest BCUT2D eigenvalue weighted by Gasteiger charge is -1.99. The van der Waals surface area contributed by atoms with Gasteiger partial charge in [-0.15, -0.1) is 11.3 Å². The fourth-order valence-corrected chi connectivity index (χ4v) is 2.21. The van der Waals surface area contributed by atoms with Gasteiger partial charge >= 0.3 is 0 Å². The van der Waals surface area contributed by atoms with Gasteiger partial charge in [-0.25, -0.2) is 9.97 Å². The van der Waals surface area contributed by atoms with Gasteiger partial charge in [-0.2, -0.15) is 0 Å². The number of thiophene rings is 1. The van der Waals surface area contributed by atoms with Crippen LogP contribution >= 0.6 is 27.3 Å². The molecule has 0 atom stereocenters. The molecule has 2 heterocycles. The standard InChI is InChI=1S/C8H6BrN3S/c9-8-7(5-2-1-3-13-5)12-6(10)4-11-8/h1-4H,(H2,10,12). The lowest BCUT2D eigenvalue weighted by atomic mass is 10.3. The summed E-state index contributed by atoms with van der Waals surface area (Å²) >= 11 is 4.94. The van der Waals surface area contributed by atoms with E-state index in [2.05, 4.69) is 25.9 Å². The van der Waals surface area contributed by atoms with Crippen molar-refractivity contribution >= 4 is 33.1 Å². The monoisotopic (exact) mass is 255 g/mol. The molecule has 0 saturated carbocycles. The van der Waals surface area contributed by atoms with Crippen LogP contribution < -0.4 is 5.73 Å². The summed E-state index contributed by atoms with van der Waals surface area (Å²) in [7, 11) is 0. The fraction of sp³-hybridized carbons (Fsp3) is 0. The highest BCUT2D eigenvalue weighted by Crippen LogP contribution is 2.28. The van der Waals surface area contributed by atoms with E-state index in [0.29, 0.717) is 5.82 Å². The first kappa shape index (κ1) is 8.65. The summed E-state index contributed by atoms with van der Waals surface area (Å²) in [6, 6.07) is 3.95. The Hall–Kier alpha value is -0.940. The van der Waals surface area contributed by atoms with Gasteiger partial charge in [0.1, 0.15) is 16.1 Å². The van der Waals surface area contributed by atoms with Gasteiger partial charge in [0.05, 0.1) is 11.1 Å². The van der Waals surface area contributed by atoms with E-state index in [-0.39, 0.29) is 0 Å². The third-order valence-electron chi connectivity index (χ3n) is 1.50. The summed E-state index contributed by atoms with van der Waals surface area (Å²) in [6.45, 7) is 0. The van der Waals surface area contributed by atoms with Crippen molar-refractivity contribution in [2.24, 2.45) is 0 Å². The van der Waals surface area contributed by atoms with Crippen molar-refractivity contribution in [3.63, 3.8) is 0 Å². The quantitative estimate of drug-likeness (QED) is 0.853. The molecule has 2 N–H and O–H groups in total. The number of hydrogen-bond acceptors (Lipinski definition) is 4. The zero-order valence-corrected chi connectivity index (χ0v) is 8.97. The lowest BCUT2D eigenvalue weighted by molar-refractivity contribution is 1.19. The Labute approximate surface area is 87.8 Å². The molecule has 2 rings (SSSR count). The van der Waals surface area contributed by atoms with E-state index in [0.717, 1.165) is 15.2 Å². The van der Waals surface area contributed by atoms with Gasteiger partial charge in [0.15, 0.2) is 0 Å². The second-order valence-corrected chi connectivity index (χ2v) is 4.11. The van der Waals surface area contributed by atoms with Crippen LogP contribution in [0.15, 0.2) is 28.3 Å². The van der Waals surface area contributed by atoms with Crippen LogP contribution in [-0.4, -0.2) is 9.97 Å². The van der Waals surface area contributed by atoms with Crippen molar-refractivity contribution in [3.05, 3.63) is 28.3 Å². The Bertz CT molecular complexity index is 413. The highest BCUT2D eigenvalue weighted by molar-refractivity contribution is 9.10. The molecular formula is C8H6BrN3S. The summed E-state index contributed by atoms with van der Waals surface area (Å²) in [5.41, 5.74) is 6.34. The number of rotatable bonds is 1. The maximum Gasteiger partial charge on any atom is 0.142 e. The molecule has 66 valence electrons. The van der Waals surface area contributed by atoms with Crippen LogP contribution in [0.4, 0.5) is 5.82 Å². The minimum absolute atomic E-state index is 0.437. The first-order chi connectivity index (χ1) is 6.27. The van der Waals surface area contributed by atoms with E-state index >= 15 is 0 Å². The topological polar surface area (TPSA) is 51.8 Å². The molecule has 3 nitrogen and oxygen atoms in total. The number of anilines is 1. The molecule has 0 spiro atoms. The SMILES string of the molecule is Nc1cnc(Br)c(-c2cccs2)n1. The van der Waals surface area contributed by atoms with Crippen LogP contribution in [-0.2, 0) is 0 Å². The first-order valence-electron chi connectivity index (χ1n) is 3.59. The van der Waals surface area contributed by atoms with Crippen molar-refractivity contribution in [1.29, 1.82) is 0 Å². The Kier molecular flexibility index (Phi) is 2.28. The molecule has 2 aromatic rings. The third kappa shape index (κ3) is 1.71. The number of hydrogen-bond donors (Lipinski definition) is 1. The normalized spacial score (nSPS) is 10.2. The molecule has 0 saturated heterocycles. The van der Waals surface area contributed by atoms with Crippen LogP contribution in [0.1, 0.15) is 0 Å². The predicted octanol–water partition coefficient (Wildman–Crippen LogP) is 2.55. The van der Waals surface area contributed by atoms with E-state index < -0.39 is 0 Å². The summed E-state index contributed by atoms with van der Waals surface area (Å²) in [5, 5.41) is 1.99. The number of aromatic nitrogens is 2. The van der Waals surface area contributed by atoms with Crippen LogP contribution in [0.2, 0.25) is 0 Å². The Morgan fingerprint density at radius 2 is 2.31 bits per heavy atom. The fourth-order valence-electron chi connectivity index (χ4n) is 0.958. The van der Waals surface area contributed by atoms with Gasteiger partial charge < -0.3 is 5.73 Å². The summed E-state index contributed by atoms with van der Waals surface area (Å²) in [5.74, 6) is 0.437. The Balaban J connectivity index is 2.57. The third-order valence-corrected chi connectivity index (χ3v) is 2.96. The Morgan fingerprint density at radius 1 is 1.46 bits per heavy atom. The van der Waals surface area contributed by atoms with Crippen molar-refractivity contribution in [2.75, 3.05) is 5.73 Å². The van der Waals surface area contributed by atoms with Gasteiger partial charge in [-0.1, -0.05) is 6.07 Å². The average Bonchev–Trinajstić information content (AvgIpc) is 2.61. The van der Waals surface area contributed by atoms with Crippen LogP contribution in [0.3, 0.4) is 0 Å². The smallest absolute Gasteiger partial charge is 0.142 e. The molecule has 0 amide bonds. The van der Waals surface area contributed by atoms with Gasteiger partial charge in [-0.3, -0.25) is 0 Å². The van der Waals surface area contributed by atoms with Crippen molar-refractivity contribution in [3.8, 4) is 10.6 Å². The van der Waals surface area contributed by atoms with E-state index in [1.54, 1.807) is 11.3 Å². The van der Waals surface area contributed by atoms with Crippen LogP contribution in [0.5, 0.6) is 0 Å². The van der Waals surface area contributed by atoms with Gasteiger partial charge in [0, 0.05) is 0 Å². The van der Waals surface area contributed by atoms with E-state index in [1.165, 1.54) is 6.20 Å². The molecule has 13 heavy (non-hydrogen) atoms. The van der Waals surface area contributed by atoms with Crippen LogP contribution in [0, 0.1) is 0 Å². The second kappa shape index (κ2) is 3.43. The molecule has 0 unspecified atom stereocenters. The molecular weight excluding hydrogens is 250 g/mol. The predicted molar refractivity (Wildman–Crippen MR) is 57.5 cm³/mol. The van der Waals surface area contributed by atoms with Gasteiger partial charge in [0.2, 0.25) is 0 Å². The van der Waals surface area contributed by atoms with E-state index in [4.69, 9.17) is 5.73 Å². The molecule has 0 fully saturated rings. The highest BCUT2D eigenvalue weighted by atomic mass is 79.9. The van der Waals surface area contributed by atoms with Crippen LogP contribution in [0.25, 0.3) is 10.6 Å². The Morgan fingerprint density at radius 3 is 3.00 bits per heavy atom. The highest BCUT2D eigenvalue weighted by Gasteiger charge is 2.06.